The molecule has 0 bridgehead atoms. The Morgan fingerprint density at radius 1 is 1.14 bits per heavy atom. The maximum Gasteiger partial charge on any atom is 0.343 e. The Morgan fingerprint density at radius 2 is 1.93 bits per heavy atom. The summed E-state index contributed by atoms with van der Waals surface area (Å²) in [5, 5.41) is 3.57. The molecule has 0 atom stereocenters. The van der Waals surface area contributed by atoms with Gasteiger partial charge in [-0.15, -0.1) is 0 Å². The monoisotopic (exact) mass is 410 g/mol. The zero-order valence-corrected chi connectivity index (χ0v) is 16.6. The number of nitrogens with zero attached hydrogens (tertiary/aromatic N) is 3. The number of hydrogen-bond donors (Lipinski definition) is 1. The van der Waals surface area contributed by atoms with Gasteiger partial charge in [0.1, 0.15) is 17.1 Å². The van der Waals surface area contributed by atoms with Crippen molar-refractivity contribution in [3.05, 3.63) is 66.1 Å². The standard InChI is InChI=1S/C20H18N4O4S/c1-3-27-19(26)16-12-22-20(29-2)24-17(16)23-14-5-4-6-15(11-14)28-18(25)13-7-9-21-10-8-13/h4-12H,3H2,1-2H3,(H,22,23,24). The largest absolute Gasteiger partial charge is 0.462 e. The topological polar surface area (TPSA) is 103 Å². The van der Waals surface area contributed by atoms with E-state index in [1.54, 1.807) is 43.3 Å². The highest BCUT2D eigenvalue weighted by atomic mass is 32.2. The molecule has 0 saturated heterocycles. The minimum absolute atomic E-state index is 0.212. The molecule has 0 amide bonds. The van der Waals surface area contributed by atoms with Gasteiger partial charge < -0.3 is 14.8 Å². The van der Waals surface area contributed by atoms with Crippen LogP contribution in [0.5, 0.6) is 5.75 Å². The molecule has 0 saturated carbocycles. The lowest BCUT2D eigenvalue weighted by Crippen LogP contribution is -2.11. The van der Waals surface area contributed by atoms with E-state index < -0.39 is 11.9 Å². The fourth-order valence-electron chi connectivity index (χ4n) is 2.35. The van der Waals surface area contributed by atoms with Gasteiger partial charge in [0.05, 0.1) is 12.2 Å². The number of anilines is 2. The molecule has 0 aliphatic carbocycles. The Kier molecular flexibility index (Phi) is 6.75. The zero-order chi connectivity index (χ0) is 20.6. The third-order valence-corrected chi connectivity index (χ3v) is 4.23. The summed E-state index contributed by atoms with van der Waals surface area (Å²) in [5.41, 5.74) is 1.19. The van der Waals surface area contributed by atoms with Crippen molar-refractivity contribution in [1.29, 1.82) is 0 Å². The first kappa shape index (κ1) is 20.3. The molecule has 3 aromatic rings. The van der Waals surface area contributed by atoms with E-state index in [1.165, 1.54) is 30.4 Å². The number of thioether (sulfide) groups is 1. The van der Waals surface area contributed by atoms with E-state index in [0.29, 0.717) is 28.0 Å². The predicted molar refractivity (Wildman–Crippen MR) is 109 cm³/mol. The fourth-order valence-corrected chi connectivity index (χ4v) is 2.69. The Hall–Kier alpha value is -3.46. The molecule has 0 aliphatic heterocycles. The van der Waals surface area contributed by atoms with Crippen LogP contribution in [0.3, 0.4) is 0 Å². The van der Waals surface area contributed by atoms with Gasteiger partial charge in [-0.25, -0.2) is 19.6 Å². The number of esters is 2. The highest BCUT2D eigenvalue weighted by molar-refractivity contribution is 7.98. The number of carbonyl (C=O) groups excluding carboxylic acids is 2. The smallest absolute Gasteiger partial charge is 0.343 e. The average Bonchev–Trinajstić information content (AvgIpc) is 2.74. The van der Waals surface area contributed by atoms with Crippen molar-refractivity contribution in [2.75, 3.05) is 18.2 Å². The van der Waals surface area contributed by atoms with Gasteiger partial charge >= 0.3 is 11.9 Å². The molecule has 0 fully saturated rings. The third kappa shape index (κ3) is 5.29. The number of pyridine rings is 1. The van der Waals surface area contributed by atoms with Crippen molar-refractivity contribution in [1.82, 2.24) is 15.0 Å². The summed E-state index contributed by atoms with van der Waals surface area (Å²) in [6.07, 6.45) is 6.29. The van der Waals surface area contributed by atoms with E-state index >= 15 is 0 Å². The molecule has 0 radical (unpaired) electrons. The summed E-state index contributed by atoms with van der Waals surface area (Å²) in [6.45, 7) is 1.96. The van der Waals surface area contributed by atoms with E-state index in [2.05, 4.69) is 20.3 Å². The second-order valence-corrected chi connectivity index (χ2v) is 6.39. The summed E-state index contributed by atoms with van der Waals surface area (Å²) in [6, 6.07) is 9.91. The van der Waals surface area contributed by atoms with Crippen LogP contribution >= 0.6 is 11.8 Å². The summed E-state index contributed by atoms with van der Waals surface area (Å²) in [5.74, 6) is -0.375. The van der Waals surface area contributed by atoms with E-state index in [-0.39, 0.29) is 12.2 Å². The Morgan fingerprint density at radius 3 is 2.66 bits per heavy atom. The molecule has 0 spiro atoms. The number of benzene rings is 1. The second-order valence-electron chi connectivity index (χ2n) is 5.62. The molecule has 0 aliphatic rings. The van der Waals surface area contributed by atoms with Crippen molar-refractivity contribution in [2.24, 2.45) is 0 Å². The summed E-state index contributed by atoms with van der Waals surface area (Å²) in [4.78, 5) is 36.8. The molecule has 8 nitrogen and oxygen atoms in total. The van der Waals surface area contributed by atoms with Gasteiger partial charge in [-0.3, -0.25) is 4.98 Å². The Bertz CT molecular complexity index is 1010. The van der Waals surface area contributed by atoms with E-state index in [4.69, 9.17) is 9.47 Å². The van der Waals surface area contributed by atoms with Crippen molar-refractivity contribution in [3.63, 3.8) is 0 Å². The summed E-state index contributed by atoms with van der Waals surface area (Å²) >= 11 is 1.35. The van der Waals surface area contributed by atoms with Crippen LogP contribution in [0.1, 0.15) is 27.6 Å². The number of rotatable bonds is 7. The lowest BCUT2D eigenvalue weighted by atomic mass is 10.2. The lowest BCUT2D eigenvalue weighted by molar-refractivity contribution is 0.0526. The molecule has 1 N–H and O–H groups in total. The Labute approximate surface area is 171 Å². The summed E-state index contributed by atoms with van der Waals surface area (Å²) in [7, 11) is 0. The number of nitrogens with one attached hydrogen (secondary N) is 1. The van der Waals surface area contributed by atoms with Crippen LogP contribution in [0.25, 0.3) is 0 Å². The van der Waals surface area contributed by atoms with Crippen LogP contribution in [0.2, 0.25) is 0 Å². The number of carbonyl (C=O) groups is 2. The molecule has 3 rings (SSSR count). The normalized spacial score (nSPS) is 10.3. The first-order chi connectivity index (χ1) is 14.1. The van der Waals surface area contributed by atoms with Crippen LogP contribution < -0.4 is 10.1 Å². The third-order valence-electron chi connectivity index (χ3n) is 3.67. The molecule has 0 unspecified atom stereocenters. The number of hydrogen-bond acceptors (Lipinski definition) is 9. The Balaban J connectivity index is 1.83. The van der Waals surface area contributed by atoms with Crippen LogP contribution in [-0.4, -0.2) is 39.8 Å². The SMILES string of the molecule is CCOC(=O)c1cnc(SC)nc1Nc1cccc(OC(=O)c2ccncc2)c1. The highest BCUT2D eigenvalue weighted by Gasteiger charge is 2.16. The van der Waals surface area contributed by atoms with Crippen LogP contribution in [0, 0.1) is 0 Å². The van der Waals surface area contributed by atoms with E-state index in [1.807, 2.05) is 6.26 Å². The minimum atomic E-state index is -0.525. The molecule has 2 heterocycles. The highest BCUT2D eigenvalue weighted by Crippen LogP contribution is 2.25. The summed E-state index contributed by atoms with van der Waals surface area (Å²) < 4.78 is 10.5. The van der Waals surface area contributed by atoms with Crippen molar-refractivity contribution in [2.45, 2.75) is 12.1 Å². The van der Waals surface area contributed by atoms with Gasteiger partial charge in [0.25, 0.3) is 0 Å². The number of aromatic nitrogens is 3. The quantitative estimate of drug-likeness (QED) is 0.270. The molecule has 2 aromatic heterocycles. The molecule has 29 heavy (non-hydrogen) atoms. The first-order valence-corrected chi connectivity index (χ1v) is 9.90. The zero-order valence-electron chi connectivity index (χ0n) is 15.8. The molecular weight excluding hydrogens is 392 g/mol. The average molecular weight is 410 g/mol. The van der Waals surface area contributed by atoms with Gasteiger partial charge in [0.15, 0.2) is 5.16 Å². The molecular formula is C20H18N4O4S. The van der Waals surface area contributed by atoms with Gasteiger partial charge in [0.2, 0.25) is 0 Å². The predicted octanol–water partition coefficient (Wildman–Crippen LogP) is 3.73. The lowest BCUT2D eigenvalue weighted by Gasteiger charge is -2.12. The van der Waals surface area contributed by atoms with Gasteiger partial charge in [-0.2, -0.15) is 0 Å². The van der Waals surface area contributed by atoms with Crippen LogP contribution in [0.15, 0.2) is 60.1 Å². The molecule has 1 aromatic carbocycles. The van der Waals surface area contributed by atoms with Gasteiger partial charge in [-0.05, 0) is 37.4 Å². The van der Waals surface area contributed by atoms with E-state index in [0.717, 1.165) is 0 Å². The van der Waals surface area contributed by atoms with Crippen LogP contribution in [0.4, 0.5) is 11.5 Å². The first-order valence-electron chi connectivity index (χ1n) is 8.68. The van der Waals surface area contributed by atoms with Gasteiger partial charge in [0, 0.05) is 30.3 Å². The maximum absolute atomic E-state index is 12.2. The number of ether oxygens (including phenoxy) is 2. The van der Waals surface area contributed by atoms with E-state index in [9.17, 15) is 9.59 Å². The van der Waals surface area contributed by atoms with Crippen molar-refractivity contribution in [3.8, 4) is 5.75 Å². The van der Waals surface area contributed by atoms with Crippen LogP contribution in [-0.2, 0) is 4.74 Å². The molecule has 9 heteroatoms. The minimum Gasteiger partial charge on any atom is -0.462 e. The fraction of sp³-hybridized carbons (Fsp3) is 0.150. The van der Waals surface area contributed by atoms with Gasteiger partial charge in [-0.1, -0.05) is 17.8 Å². The second kappa shape index (κ2) is 9.65. The van der Waals surface area contributed by atoms with Crippen molar-refractivity contribution >= 4 is 35.2 Å². The maximum atomic E-state index is 12.2. The molecule has 148 valence electrons. The van der Waals surface area contributed by atoms with Crippen molar-refractivity contribution < 1.29 is 19.1 Å².